The van der Waals surface area contributed by atoms with Crippen molar-refractivity contribution in [3.05, 3.63) is 94.5 Å². The largest absolute Gasteiger partial charge is 0.352 e. The van der Waals surface area contributed by atoms with E-state index in [0.29, 0.717) is 11.1 Å². The number of ketones is 1. The number of hydrogen-bond acceptors (Lipinski definition) is 5. The Morgan fingerprint density at radius 1 is 0.964 bits per heavy atom. The molecule has 1 aromatic heterocycles. The molecule has 0 radical (unpaired) electrons. The summed E-state index contributed by atoms with van der Waals surface area (Å²) in [5.74, 6) is -0.204. The molecule has 0 saturated carbocycles. The molecule has 0 unspecified atom stereocenters. The fourth-order valence-electron chi connectivity index (χ4n) is 2.96. The molecular weight excluding hydrogens is 392 g/mol. The number of fused-ring (bicyclic) bond motifs is 1. The molecular formula is C21H16N2O3S2. The quantitative estimate of drug-likeness (QED) is 0.693. The molecule has 3 aromatic rings. The predicted molar refractivity (Wildman–Crippen MR) is 112 cm³/mol. The van der Waals surface area contributed by atoms with E-state index in [1.54, 1.807) is 35.7 Å². The Morgan fingerprint density at radius 2 is 1.75 bits per heavy atom. The van der Waals surface area contributed by atoms with Gasteiger partial charge in [0.05, 0.1) is 11.4 Å². The van der Waals surface area contributed by atoms with Crippen LogP contribution in [0.3, 0.4) is 0 Å². The van der Waals surface area contributed by atoms with E-state index < -0.39 is 10.0 Å². The number of aryl methyl sites for hydroxylation is 1. The van der Waals surface area contributed by atoms with Crippen LogP contribution in [0, 0.1) is 6.92 Å². The zero-order valence-corrected chi connectivity index (χ0v) is 16.5. The summed E-state index contributed by atoms with van der Waals surface area (Å²) >= 11 is 1.11. The van der Waals surface area contributed by atoms with Gasteiger partial charge in [-0.05, 0) is 42.1 Å². The highest BCUT2D eigenvalue weighted by atomic mass is 32.2. The number of carbonyl (C=O) groups excluding carboxylic acids is 1. The zero-order valence-electron chi connectivity index (χ0n) is 14.9. The van der Waals surface area contributed by atoms with E-state index in [1.807, 2.05) is 31.2 Å². The second-order valence-corrected chi connectivity index (χ2v) is 9.09. The molecule has 140 valence electrons. The van der Waals surface area contributed by atoms with E-state index in [0.717, 1.165) is 22.6 Å². The third kappa shape index (κ3) is 3.54. The van der Waals surface area contributed by atoms with Gasteiger partial charge in [-0.1, -0.05) is 42.5 Å². The number of allylic oxidation sites excluding steroid dienone is 2. The third-order valence-corrected chi connectivity index (χ3v) is 6.90. The van der Waals surface area contributed by atoms with Crippen LogP contribution in [0.5, 0.6) is 0 Å². The summed E-state index contributed by atoms with van der Waals surface area (Å²) in [4.78, 5) is 12.9. The first kappa shape index (κ1) is 18.3. The van der Waals surface area contributed by atoms with Crippen LogP contribution in [0.2, 0.25) is 0 Å². The minimum atomic E-state index is -3.86. The maximum atomic E-state index is 12.9. The van der Waals surface area contributed by atoms with Crippen molar-refractivity contribution in [2.75, 3.05) is 5.32 Å². The number of carbonyl (C=O) groups is 1. The second kappa shape index (κ2) is 7.18. The lowest BCUT2D eigenvalue weighted by atomic mass is 9.92. The molecule has 0 aliphatic heterocycles. The van der Waals surface area contributed by atoms with Gasteiger partial charge in [0.25, 0.3) is 10.0 Å². The van der Waals surface area contributed by atoms with Crippen molar-refractivity contribution in [3.63, 3.8) is 0 Å². The van der Waals surface area contributed by atoms with Crippen LogP contribution in [0.4, 0.5) is 5.69 Å². The Morgan fingerprint density at radius 3 is 2.46 bits per heavy atom. The van der Waals surface area contributed by atoms with Crippen LogP contribution < -0.4 is 5.32 Å². The van der Waals surface area contributed by atoms with E-state index in [9.17, 15) is 13.2 Å². The van der Waals surface area contributed by atoms with Crippen molar-refractivity contribution in [2.45, 2.75) is 11.1 Å². The number of sulfonamides is 1. The van der Waals surface area contributed by atoms with Crippen LogP contribution in [-0.4, -0.2) is 19.9 Å². The molecule has 1 aliphatic rings. The second-order valence-electron chi connectivity index (χ2n) is 6.31. The van der Waals surface area contributed by atoms with E-state index in [-0.39, 0.29) is 21.4 Å². The average molecular weight is 409 g/mol. The molecule has 0 atom stereocenters. The van der Waals surface area contributed by atoms with Gasteiger partial charge in [-0.3, -0.25) is 4.79 Å². The minimum absolute atomic E-state index is 0.163. The SMILES string of the molecule is Cc1cccc(NC2=C/C(=N\S(=O)(=O)c3cccs3)c3ccccc3C2=O)c1. The van der Waals surface area contributed by atoms with Gasteiger partial charge in [-0.15, -0.1) is 11.3 Å². The highest BCUT2D eigenvalue weighted by Crippen LogP contribution is 2.26. The van der Waals surface area contributed by atoms with E-state index in [2.05, 4.69) is 9.71 Å². The topological polar surface area (TPSA) is 75.6 Å². The van der Waals surface area contributed by atoms with Crippen LogP contribution >= 0.6 is 11.3 Å². The fourth-order valence-corrected chi connectivity index (χ4v) is 4.92. The first-order valence-corrected chi connectivity index (χ1v) is 10.8. The van der Waals surface area contributed by atoms with E-state index in [1.165, 1.54) is 12.1 Å². The molecule has 2 aromatic carbocycles. The van der Waals surface area contributed by atoms with Gasteiger partial charge in [0.2, 0.25) is 5.78 Å². The Hall–Kier alpha value is -3.03. The molecule has 1 aliphatic carbocycles. The first-order chi connectivity index (χ1) is 13.4. The van der Waals surface area contributed by atoms with Crippen LogP contribution in [0.15, 0.2) is 86.4 Å². The standard InChI is InChI=1S/C21H16N2O3S2/c1-14-6-4-7-15(12-14)22-19-13-18(16-8-2-3-9-17(16)21(19)24)23-28(25,26)20-10-5-11-27-20/h2-13,22H,1H3/b23-18+. The number of hydrogen-bond donors (Lipinski definition) is 1. The molecule has 28 heavy (non-hydrogen) atoms. The van der Waals surface area contributed by atoms with Crippen molar-refractivity contribution >= 4 is 38.5 Å². The van der Waals surface area contributed by atoms with Gasteiger partial charge in [-0.25, -0.2) is 0 Å². The Balaban J connectivity index is 1.82. The lowest BCUT2D eigenvalue weighted by Gasteiger charge is -2.18. The number of Topliss-reactive ketones (excluding diaryl/α,β-unsaturated/α-hetero) is 1. The third-order valence-electron chi connectivity index (χ3n) is 4.24. The molecule has 4 rings (SSSR count). The zero-order chi connectivity index (χ0) is 19.7. The Bertz CT molecular complexity index is 1220. The smallest absolute Gasteiger partial charge is 0.292 e. The lowest BCUT2D eigenvalue weighted by Crippen LogP contribution is -2.22. The number of rotatable bonds is 4. The van der Waals surface area contributed by atoms with Crippen molar-refractivity contribution in [2.24, 2.45) is 4.40 Å². The van der Waals surface area contributed by atoms with E-state index >= 15 is 0 Å². The van der Waals surface area contributed by atoms with Crippen LogP contribution in [-0.2, 0) is 10.0 Å². The Kier molecular flexibility index (Phi) is 4.70. The molecule has 1 N–H and O–H groups in total. The highest BCUT2D eigenvalue weighted by molar-refractivity contribution is 7.92. The van der Waals surface area contributed by atoms with E-state index in [4.69, 9.17) is 0 Å². The number of nitrogens with one attached hydrogen (secondary N) is 1. The van der Waals surface area contributed by atoms with Gasteiger partial charge in [0.1, 0.15) is 4.21 Å². The van der Waals surface area contributed by atoms with Crippen LogP contribution in [0.25, 0.3) is 0 Å². The lowest BCUT2D eigenvalue weighted by molar-refractivity contribution is 0.103. The summed E-state index contributed by atoms with van der Waals surface area (Å²) in [6, 6.07) is 17.7. The maximum absolute atomic E-state index is 12.9. The summed E-state index contributed by atoms with van der Waals surface area (Å²) in [5, 5.41) is 4.79. The number of thiophene rings is 1. The average Bonchev–Trinajstić information content (AvgIpc) is 3.21. The molecule has 0 saturated heterocycles. The molecule has 7 heteroatoms. The van der Waals surface area contributed by atoms with Crippen molar-refractivity contribution in [1.29, 1.82) is 0 Å². The summed E-state index contributed by atoms with van der Waals surface area (Å²) in [6.07, 6.45) is 1.50. The first-order valence-electron chi connectivity index (χ1n) is 8.52. The number of anilines is 1. The number of nitrogens with zero attached hydrogens (tertiary/aromatic N) is 1. The molecule has 1 heterocycles. The van der Waals surface area contributed by atoms with Gasteiger partial charge in [0, 0.05) is 16.8 Å². The fraction of sp³-hybridized carbons (Fsp3) is 0.0476. The van der Waals surface area contributed by atoms with Crippen molar-refractivity contribution < 1.29 is 13.2 Å². The van der Waals surface area contributed by atoms with Gasteiger partial charge in [-0.2, -0.15) is 12.8 Å². The predicted octanol–water partition coefficient (Wildman–Crippen LogP) is 4.43. The maximum Gasteiger partial charge on any atom is 0.292 e. The molecule has 0 spiro atoms. The Labute approximate surface area is 167 Å². The molecule has 0 amide bonds. The summed E-state index contributed by atoms with van der Waals surface area (Å²) < 4.78 is 29.5. The highest BCUT2D eigenvalue weighted by Gasteiger charge is 2.26. The summed E-state index contributed by atoms with van der Waals surface area (Å²) in [5.41, 5.74) is 3.23. The summed E-state index contributed by atoms with van der Waals surface area (Å²) in [6.45, 7) is 1.96. The normalized spacial score (nSPS) is 15.2. The van der Waals surface area contributed by atoms with Crippen molar-refractivity contribution in [3.8, 4) is 0 Å². The summed E-state index contributed by atoms with van der Waals surface area (Å²) in [7, 11) is -3.86. The molecule has 5 nitrogen and oxygen atoms in total. The van der Waals surface area contributed by atoms with Crippen LogP contribution in [0.1, 0.15) is 21.5 Å². The minimum Gasteiger partial charge on any atom is -0.352 e. The van der Waals surface area contributed by atoms with Gasteiger partial charge in [0.15, 0.2) is 0 Å². The molecule has 0 bridgehead atoms. The molecule has 0 fully saturated rings. The number of benzene rings is 2. The van der Waals surface area contributed by atoms with Crippen molar-refractivity contribution in [1.82, 2.24) is 0 Å². The van der Waals surface area contributed by atoms with Gasteiger partial charge < -0.3 is 5.32 Å². The monoisotopic (exact) mass is 408 g/mol. The van der Waals surface area contributed by atoms with Gasteiger partial charge >= 0.3 is 0 Å².